The number of amides is 1. The molecule has 1 amide bonds. The van der Waals surface area contributed by atoms with Gasteiger partial charge in [-0.3, -0.25) is 4.79 Å². The molecule has 2 N–H and O–H groups in total. The Hall–Kier alpha value is -1.61. The maximum atomic E-state index is 11.9. The van der Waals surface area contributed by atoms with Gasteiger partial charge in [0.25, 0.3) is 0 Å². The monoisotopic (exact) mass is 216 g/mol. The Balaban J connectivity index is 2.04. The minimum atomic E-state index is 0.0885. The first-order chi connectivity index (χ1) is 7.66. The lowest BCUT2D eigenvalue weighted by atomic mass is 10.1. The minimum Gasteiger partial charge on any atom is -0.336 e. The van der Waals surface area contributed by atoms with E-state index in [4.69, 9.17) is 5.73 Å². The summed E-state index contributed by atoms with van der Waals surface area (Å²) in [7, 11) is 0. The topological polar surface area (TPSA) is 46.3 Å². The summed E-state index contributed by atoms with van der Waals surface area (Å²) in [6, 6.07) is 10.0. The van der Waals surface area contributed by atoms with Crippen LogP contribution in [0.15, 0.2) is 35.9 Å². The molecule has 1 fully saturated rings. The molecule has 0 aromatic heterocycles. The van der Waals surface area contributed by atoms with Crippen molar-refractivity contribution in [3.8, 4) is 0 Å². The van der Waals surface area contributed by atoms with Gasteiger partial charge in [0, 0.05) is 24.7 Å². The van der Waals surface area contributed by atoms with Crippen molar-refractivity contribution in [2.75, 3.05) is 13.1 Å². The summed E-state index contributed by atoms with van der Waals surface area (Å²) in [4.78, 5) is 13.7. The number of benzene rings is 1. The Morgan fingerprint density at radius 2 is 2.00 bits per heavy atom. The number of nitrogens with zero attached hydrogens (tertiary/aromatic N) is 1. The molecular weight excluding hydrogens is 200 g/mol. The minimum absolute atomic E-state index is 0.0885. The normalized spacial score (nSPS) is 17.1. The third-order valence-electron chi connectivity index (χ3n) is 2.72. The molecule has 1 heterocycles. The molecule has 1 aromatic carbocycles. The van der Waals surface area contributed by atoms with Crippen molar-refractivity contribution in [3.05, 3.63) is 41.5 Å². The van der Waals surface area contributed by atoms with Crippen LogP contribution in [0.5, 0.6) is 0 Å². The molecule has 3 nitrogen and oxygen atoms in total. The summed E-state index contributed by atoms with van der Waals surface area (Å²) in [6.07, 6.45) is 1.91. The van der Waals surface area contributed by atoms with E-state index in [9.17, 15) is 4.79 Å². The smallest absolute Gasteiger partial charge is 0.249 e. The van der Waals surface area contributed by atoms with Gasteiger partial charge in [0.05, 0.1) is 0 Å². The predicted molar refractivity (Wildman–Crippen MR) is 64.6 cm³/mol. The summed E-state index contributed by atoms with van der Waals surface area (Å²) in [5.74, 6) is 0.0885. The van der Waals surface area contributed by atoms with E-state index in [2.05, 4.69) is 0 Å². The lowest BCUT2D eigenvalue weighted by Gasteiger charge is -2.37. The van der Waals surface area contributed by atoms with Crippen LogP contribution in [-0.4, -0.2) is 29.9 Å². The van der Waals surface area contributed by atoms with Gasteiger partial charge in [0.2, 0.25) is 5.91 Å². The first kappa shape index (κ1) is 10.9. The largest absolute Gasteiger partial charge is 0.336 e. The molecule has 0 aliphatic carbocycles. The van der Waals surface area contributed by atoms with E-state index in [0.29, 0.717) is 13.1 Å². The van der Waals surface area contributed by atoms with Gasteiger partial charge in [-0.1, -0.05) is 30.3 Å². The molecule has 0 radical (unpaired) electrons. The number of hydrogen-bond donors (Lipinski definition) is 1. The zero-order valence-corrected chi connectivity index (χ0v) is 9.39. The van der Waals surface area contributed by atoms with E-state index in [1.165, 1.54) is 0 Å². The first-order valence-corrected chi connectivity index (χ1v) is 5.45. The molecule has 0 spiro atoms. The third kappa shape index (κ3) is 2.31. The Morgan fingerprint density at radius 3 is 2.56 bits per heavy atom. The van der Waals surface area contributed by atoms with Gasteiger partial charge in [-0.25, -0.2) is 0 Å². The van der Waals surface area contributed by atoms with Crippen molar-refractivity contribution in [1.82, 2.24) is 4.90 Å². The highest BCUT2D eigenvalue weighted by Crippen LogP contribution is 2.13. The number of carbonyl (C=O) groups is 1. The Morgan fingerprint density at radius 1 is 1.38 bits per heavy atom. The second kappa shape index (κ2) is 4.49. The standard InChI is InChI=1S/C13H16N2O/c1-10(7-11-5-3-2-4-6-11)13(16)15-8-12(14)9-15/h2-7,12H,8-9,14H2,1H3/b10-7-. The highest BCUT2D eigenvalue weighted by Gasteiger charge is 2.27. The van der Waals surface area contributed by atoms with Gasteiger partial charge in [0.15, 0.2) is 0 Å². The Bertz CT molecular complexity index is 405. The van der Waals surface area contributed by atoms with E-state index in [0.717, 1.165) is 11.1 Å². The van der Waals surface area contributed by atoms with Gasteiger partial charge in [-0.05, 0) is 18.6 Å². The van der Waals surface area contributed by atoms with Gasteiger partial charge in [-0.15, -0.1) is 0 Å². The first-order valence-electron chi connectivity index (χ1n) is 5.45. The molecule has 1 aliphatic rings. The number of rotatable bonds is 2. The Kier molecular flexibility index (Phi) is 3.06. The maximum Gasteiger partial charge on any atom is 0.249 e. The fraction of sp³-hybridized carbons (Fsp3) is 0.308. The van der Waals surface area contributed by atoms with Crippen molar-refractivity contribution in [2.45, 2.75) is 13.0 Å². The average Bonchev–Trinajstić information content (AvgIpc) is 2.25. The molecule has 1 aliphatic heterocycles. The van der Waals surface area contributed by atoms with Crippen LogP contribution in [0.3, 0.4) is 0 Å². The zero-order valence-electron chi connectivity index (χ0n) is 9.39. The second-order valence-corrected chi connectivity index (χ2v) is 4.21. The number of likely N-dealkylation sites (tertiary alicyclic amines) is 1. The highest BCUT2D eigenvalue weighted by molar-refractivity contribution is 5.97. The summed E-state index contributed by atoms with van der Waals surface area (Å²) in [5.41, 5.74) is 7.46. The van der Waals surface area contributed by atoms with Crippen LogP contribution in [0.4, 0.5) is 0 Å². The SMILES string of the molecule is C/C(=C/c1ccccc1)C(=O)N1CC(N)C1. The van der Waals surface area contributed by atoms with Gasteiger partial charge >= 0.3 is 0 Å². The van der Waals surface area contributed by atoms with Gasteiger partial charge in [-0.2, -0.15) is 0 Å². The highest BCUT2D eigenvalue weighted by atomic mass is 16.2. The molecule has 0 unspecified atom stereocenters. The molecule has 16 heavy (non-hydrogen) atoms. The predicted octanol–water partition coefficient (Wildman–Crippen LogP) is 1.26. The van der Waals surface area contributed by atoms with E-state index in [-0.39, 0.29) is 11.9 Å². The van der Waals surface area contributed by atoms with Crippen molar-refractivity contribution in [3.63, 3.8) is 0 Å². The van der Waals surface area contributed by atoms with Crippen molar-refractivity contribution < 1.29 is 4.79 Å². The molecule has 3 heteroatoms. The molecular formula is C13H16N2O. The fourth-order valence-electron chi connectivity index (χ4n) is 1.79. The Labute approximate surface area is 95.6 Å². The van der Waals surface area contributed by atoms with Crippen LogP contribution >= 0.6 is 0 Å². The fourth-order valence-corrected chi connectivity index (χ4v) is 1.79. The van der Waals surface area contributed by atoms with Crippen LogP contribution < -0.4 is 5.73 Å². The molecule has 0 bridgehead atoms. The van der Waals surface area contributed by atoms with Gasteiger partial charge < -0.3 is 10.6 Å². The molecule has 0 atom stereocenters. The summed E-state index contributed by atoms with van der Waals surface area (Å²) < 4.78 is 0. The van der Waals surface area contributed by atoms with Crippen LogP contribution in [-0.2, 0) is 4.79 Å². The van der Waals surface area contributed by atoms with E-state index < -0.39 is 0 Å². The summed E-state index contributed by atoms with van der Waals surface area (Å²) in [5, 5.41) is 0. The van der Waals surface area contributed by atoms with Crippen LogP contribution in [0.25, 0.3) is 6.08 Å². The number of carbonyl (C=O) groups excluding carboxylic acids is 1. The van der Waals surface area contributed by atoms with Crippen LogP contribution in [0.2, 0.25) is 0 Å². The molecule has 84 valence electrons. The maximum absolute atomic E-state index is 11.9. The molecule has 1 saturated heterocycles. The van der Waals surface area contributed by atoms with Gasteiger partial charge in [0.1, 0.15) is 0 Å². The van der Waals surface area contributed by atoms with Crippen molar-refractivity contribution in [2.24, 2.45) is 5.73 Å². The number of hydrogen-bond acceptors (Lipinski definition) is 2. The van der Waals surface area contributed by atoms with E-state index in [1.807, 2.05) is 43.3 Å². The third-order valence-corrected chi connectivity index (χ3v) is 2.72. The quantitative estimate of drug-likeness (QED) is 0.756. The lowest BCUT2D eigenvalue weighted by Crippen LogP contribution is -2.58. The molecule has 1 aromatic rings. The van der Waals surface area contributed by atoms with E-state index >= 15 is 0 Å². The second-order valence-electron chi connectivity index (χ2n) is 4.21. The molecule has 2 rings (SSSR count). The van der Waals surface area contributed by atoms with Crippen LogP contribution in [0.1, 0.15) is 12.5 Å². The molecule has 0 saturated carbocycles. The average molecular weight is 216 g/mol. The van der Waals surface area contributed by atoms with Crippen molar-refractivity contribution >= 4 is 12.0 Å². The van der Waals surface area contributed by atoms with Crippen molar-refractivity contribution in [1.29, 1.82) is 0 Å². The van der Waals surface area contributed by atoms with E-state index in [1.54, 1.807) is 4.90 Å². The lowest BCUT2D eigenvalue weighted by molar-refractivity contribution is -0.131. The summed E-state index contributed by atoms with van der Waals surface area (Å²) in [6.45, 7) is 3.21. The summed E-state index contributed by atoms with van der Waals surface area (Å²) >= 11 is 0. The van der Waals surface area contributed by atoms with Crippen LogP contribution in [0, 0.1) is 0 Å². The zero-order chi connectivity index (χ0) is 11.5. The number of nitrogens with two attached hydrogens (primary N) is 1.